The van der Waals surface area contributed by atoms with Gasteiger partial charge < -0.3 is 16.2 Å². The number of nitrogens with two attached hydrogens (primary N) is 1. The van der Waals surface area contributed by atoms with Crippen molar-refractivity contribution < 1.29 is 13.9 Å². The predicted molar refractivity (Wildman–Crippen MR) is 47.0 cm³/mol. The van der Waals surface area contributed by atoms with E-state index in [0.29, 0.717) is 10.8 Å². The normalized spacial score (nSPS) is 11.6. The number of aliphatic hydroxyl groups is 1. The van der Waals surface area contributed by atoms with E-state index in [9.17, 15) is 8.78 Å². The van der Waals surface area contributed by atoms with E-state index in [1.165, 1.54) is 6.07 Å². The smallest absolute Gasteiger partial charge is 0.287 e. The van der Waals surface area contributed by atoms with Crippen molar-refractivity contribution in [2.24, 2.45) is 0 Å². The second kappa shape index (κ2) is 3.84. The molecule has 13 heavy (non-hydrogen) atoms. The monoisotopic (exact) mass is 209 g/mol. The first kappa shape index (κ1) is 10.1. The van der Waals surface area contributed by atoms with Crippen LogP contribution >= 0.6 is 11.5 Å². The van der Waals surface area contributed by atoms with Crippen molar-refractivity contribution in [3.8, 4) is 0 Å². The van der Waals surface area contributed by atoms with Crippen molar-refractivity contribution in [1.29, 1.82) is 0 Å². The number of hydrogen-bond donors (Lipinski definition) is 3. The van der Waals surface area contributed by atoms with E-state index in [2.05, 4.69) is 9.69 Å². The molecule has 0 bridgehead atoms. The van der Waals surface area contributed by atoms with Crippen molar-refractivity contribution in [1.82, 2.24) is 4.37 Å². The first-order valence-electron chi connectivity index (χ1n) is 3.48. The molecule has 0 atom stereocenters. The van der Waals surface area contributed by atoms with Gasteiger partial charge in [-0.05, 0) is 11.5 Å². The molecule has 0 fully saturated rings. The minimum absolute atomic E-state index is 0.291. The van der Waals surface area contributed by atoms with Gasteiger partial charge in [0.1, 0.15) is 17.4 Å². The maximum absolute atomic E-state index is 12.5. The van der Waals surface area contributed by atoms with Crippen LogP contribution in [0.2, 0.25) is 0 Å². The van der Waals surface area contributed by atoms with Crippen LogP contribution in [-0.2, 0) is 0 Å². The van der Waals surface area contributed by atoms with Gasteiger partial charge in [0, 0.05) is 6.07 Å². The fourth-order valence-electron chi connectivity index (χ4n) is 0.645. The van der Waals surface area contributed by atoms with Crippen molar-refractivity contribution in [2.75, 3.05) is 24.2 Å². The largest absolute Gasteiger partial charge is 0.390 e. The highest BCUT2D eigenvalue weighted by Crippen LogP contribution is 2.20. The zero-order chi connectivity index (χ0) is 9.90. The third-order valence-electron chi connectivity index (χ3n) is 1.28. The molecule has 0 aliphatic heterocycles. The highest BCUT2D eigenvalue weighted by atomic mass is 32.1. The Balaban J connectivity index is 2.43. The third-order valence-corrected chi connectivity index (χ3v) is 2.04. The lowest BCUT2D eigenvalue weighted by molar-refractivity contribution is -0.0372. The van der Waals surface area contributed by atoms with Crippen LogP contribution in [0.5, 0.6) is 0 Å². The molecule has 0 amide bonds. The molecule has 4 N–H and O–H groups in total. The summed E-state index contributed by atoms with van der Waals surface area (Å²) >= 11 is 1.000. The van der Waals surface area contributed by atoms with Crippen LogP contribution in [-0.4, -0.2) is 28.6 Å². The van der Waals surface area contributed by atoms with Gasteiger partial charge in [-0.1, -0.05) is 0 Å². The van der Waals surface area contributed by atoms with Gasteiger partial charge in [0.2, 0.25) is 0 Å². The Morgan fingerprint density at radius 2 is 2.38 bits per heavy atom. The van der Waals surface area contributed by atoms with E-state index in [1.54, 1.807) is 0 Å². The third kappa shape index (κ3) is 3.11. The molecule has 74 valence electrons. The quantitative estimate of drug-likeness (QED) is 0.684. The van der Waals surface area contributed by atoms with Crippen LogP contribution < -0.4 is 11.1 Å². The van der Waals surface area contributed by atoms with Crippen molar-refractivity contribution >= 4 is 22.4 Å². The molecule has 0 aromatic carbocycles. The number of aromatic nitrogens is 1. The molecule has 1 aromatic rings. The number of anilines is 2. The molecule has 0 spiro atoms. The molecule has 0 radical (unpaired) electrons. The molecule has 1 aromatic heterocycles. The molecule has 0 aliphatic rings. The number of alkyl halides is 2. The van der Waals surface area contributed by atoms with Crippen molar-refractivity contribution in [2.45, 2.75) is 5.92 Å². The summed E-state index contributed by atoms with van der Waals surface area (Å²) in [7, 11) is 0. The summed E-state index contributed by atoms with van der Waals surface area (Å²) in [6, 6.07) is 1.46. The maximum Gasteiger partial charge on any atom is 0.287 e. The number of nitrogens with one attached hydrogen (secondary N) is 1. The molecule has 1 rings (SSSR count). The highest BCUT2D eigenvalue weighted by Gasteiger charge is 2.27. The summed E-state index contributed by atoms with van der Waals surface area (Å²) in [6.45, 7) is -1.79. The Morgan fingerprint density at radius 3 is 2.85 bits per heavy atom. The first-order valence-corrected chi connectivity index (χ1v) is 4.25. The Bertz CT molecular complexity index is 279. The van der Waals surface area contributed by atoms with E-state index >= 15 is 0 Å². The molecule has 0 saturated carbocycles. The molecular formula is C6H9F2N3OS. The second-order valence-corrected chi connectivity index (χ2v) is 3.29. The van der Waals surface area contributed by atoms with E-state index < -0.39 is 19.1 Å². The lowest BCUT2D eigenvalue weighted by Crippen LogP contribution is -2.30. The molecule has 1 heterocycles. The number of nitrogens with zero attached hydrogens (tertiary/aromatic N) is 1. The molecular weight excluding hydrogens is 200 g/mol. The average Bonchev–Trinajstić information content (AvgIpc) is 2.48. The summed E-state index contributed by atoms with van der Waals surface area (Å²) in [5.74, 6) is -2.82. The second-order valence-electron chi connectivity index (χ2n) is 2.48. The lowest BCUT2D eigenvalue weighted by atomic mass is 10.3. The SMILES string of the molecule is Nc1cc(NCC(F)(F)CO)sn1. The fourth-order valence-corrected chi connectivity index (χ4v) is 1.21. The standard InChI is InChI=1S/C6H9F2N3OS/c7-6(8,3-12)2-10-5-1-4(9)11-13-5/h1,10,12H,2-3H2,(H2,9,11). The Hall–Kier alpha value is -0.950. The van der Waals surface area contributed by atoms with Crippen molar-refractivity contribution in [3.63, 3.8) is 0 Å². The van der Waals surface area contributed by atoms with Crippen LogP contribution in [0.25, 0.3) is 0 Å². The summed E-state index contributed by atoms with van der Waals surface area (Å²) in [5.41, 5.74) is 5.27. The van der Waals surface area contributed by atoms with Gasteiger partial charge >= 0.3 is 0 Å². The number of halogens is 2. The molecule has 0 saturated heterocycles. The minimum atomic E-state index is -3.11. The summed E-state index contributed by atoms with van der Waals surface area (Å²) < 4.78 is 28.7. The van der Waals surface area contributed by atoms with E-state index in [0.717, 1.165) is 11.5 Å². The van der Waals surface area contributed by atoms with Gasteiger partial charge in [-0.25, -0.2) is 8.78 Å². The Labute approximate surface area is 77.5 Å². The topological polar surface area (TPSA) is 71.2 Å². The lowest BCUT2D eigenvalue weighted by Gasteiger charge is -2.12. The number of aliphatic hydroxyl groups excluding tert-OH is 1. The van der Waals surface area contributed by atoms with E-state index in [1.807, 2.05) is 0 Å². The zero-order valence-electron chi connectivity index (χ0n) is 6.63. The average molecular weight is 209 g/mol. The van der Waals surface area contributed by atoms with Gasteiger partial charge in [0.25, 0.3) is 5.92 Å². The highest BCUT2D eigenvalue weighted by molar-refractivity contribution is 7.10. The maximum atomic E-state index is 12.5. The van der Waals surface area contributed by atoms with Gasteiger partial charge in [0.15, 0.2) is 0 Å². The Morgan fingerprint density at radius 1 is 1.69 bits per heavy atom. The van der Waals surface area contributed by atoms with Crippen LogP contribution in [0.15, 0.2) is 6.07 Å². The van der Waals surface area contributed by atoms with Gasteiger partial charge in [-0.3, -0.25) is 0 Å². The van der Waals surface area contributed by atoms with Crippen LogP contribution in [0.1, 0.15) is 0 Å². The fraction of sp³-hybridized carbons (Fsp3) is 0.500. The van der Waals surface area contributed by atoms with E-state index in [-0.39, 0.29) is 0 Å². The summed E-state index contributed by atoms with van der Waals surface area (Å²) in [6.07, 6.45) is 0. The number of rotatable bonds is 4. The van der Waals surface area contributed by atoms with Crippen LogP contribution in [0, 0.1) is 0 Å². The molecule has 0 aliphatic carbocycles. The first-order chi connectivity index (χ1) is 6.03. The Kier molecular flexibility index (Phi) is 2.99. The summed E-state index contributed by atoms with van der Waals surface area (Å²) in [4.78, 5) is 0. The minimum Gasteiger partial charge on any atom is -0.390 e. The number of nitrogen functional groups attached to an aromatic ring is 1. The van der Waals surface area contributed by atoms with E-state index in [4.69, 9.17) is 10.8 Å². The van der Waals surface area contributed by atoms with Gasteiger partial charge in [-0.15, -0.1) is 0 Å². The summed E-state index contributed by atoms with van der Waals surface area (Å²) in [5, 5.41) is 11.1. The predicted octanol–water partition coefficient (Wildman–Crippen LogP) is 0.765. The van der Waals surface area contributed by atoms with Gasteiger partial charge in [-0.2, -0.15) is 4.37 Å². The van der Waals surface area contributed by atoms with Crippen LogP contribution in [0.3, 0.4) is 0 Å². The molecule has 0 unspecified atom stereocenters. The number of hydrogen-bond acceptors (Lipinski definition) is 5. The van der Waals surface area contributed by atoms with Crippen molar-refractivity contribution in [3.05, 3.63) is 6.07 Å². The van der Waals surface area contributed by atoms with Gasteiger partial charge in [0.05, 0.1) is 6.54 Å². The zero-order valence-corrected chi connectivity index (χ0v) is 7.44. The molecule has 4 nitrogen and oxygen atoms in total. The van der Waals surface area contributed by atoms with Crippen LogP contribution in [0.4, 0.5) is 19.6 Å². The molecule has 7 heteroatoms.